The number of nitrogens with one attached hydrogen (secondary N) is 1. The van der Waals surface area contributed by atoms with Gasteiger partial charge in [-0.15, -0.1) is 0 Å². The van der Waals surface area contributed by atoms with Gasteiger partial charge in [-0.3, -0.25) is 4.79 Å². The molecule has 54 valence electrons. The molecule has 0 bridgehead atoms. The second-order valence-electron chi connectivity index (χ2n) is 2.24. The molecule has 0 aromatic rings. The first-order valence-electron chi connectivity index (χ1n) is 2.98. The summed E-state index contributed by atoms with van der Waals surface area (Å²) in [6.07, 6.45) is 0. The topological polar surface area (TPSA) is 32.3 Å². The molecule has 0 radical (unpaired) electrons. The lowest BCUT2D eigenvalue weighted by atomic mass is 10.3. The fourth-order valence-electron chi connectivity index (χ4n) is 0.511. The SMILES string of the molecule is CN[C@@H](C)C(=O)N(C)C. The normalized spacial score (nSPS) is 12.9. The Balaban J connectivity index is 3.73. The van der Waals surface area contributed by atoms with Crippen molar-refractivity contribution in [2.24, 2.45) is 0 Å². The van der Waals surface area contributed by atoms with Gasteiger partial charge in [0, 0.05) is 14.1 Å². The Kier molecular flexibility index (Phi) is 3.24. The van der Waals surface area contributed by atoms with E-state index in [0.29, 0.717) is 0 Å². The summed E-state index contributed by atoms with van der Waals surface area (Å²) in [4.78, 5) is 12.5. The molecule has 0 rings (SSSR count). The monoisotopic (exact) mass is 130 g/mol. The molecule has 1 atom stereocenters. The molecule has 1 amide bonds. The third-order valence-corrected chi connectivity index (χ3v) is 1.24. The zero-order valence-electron chi connectivity index (χ0n) is 6.43. The average molecular weight is 130 g/mol. The van der Waals surface area contributed by atoms with Gasteiger partial charge in [-0.25, -0.2) is 0 Å². The molecule has 0 aliphatic rings. The van der Waals surface area contributed by atoms with Crippen molar-refractivity contribution >= 4 is 5.91 Å². The molecule has 0 heterocycles. The number of rotatable bonds is 2. The van der Waals surface area contributed by atoms with E-state index in [-0.39, 0.29) is 11.9 Å². The van der Waals surface area contributed by atoms with Gasteiger partial charge in [0.2, 0.25) is 5.91 Å². The van der Waals surface area contributed by atoms with Crippen LogP contribution in [0.5, 0.6) is 0 Å². The quantitative estimate of drug-likeness (QED) is 0.555. The second-order valence-corrected chi connectivity index (χ2v) is 2.24. The Hall–Kier alpha value is -0.570. The van der Waals surface area contributed by atoms with Crippen LogP contribution in [0, 0.1) is 0 Å². The number of amides is 1. The maximum Gasteiger partial charge on any atom is 0.238 e. The minimum Gasteiger partial charge on any atom is -0.347 e. The molecule has 3 nitrogen and oxygen atoms in total. The molecular formula is C6H14N2O. The summed E-state index contributed by atoms with van der Waals surface area (Å²) in [6, 6.07) is -0.0694. The molecule has 0 saturated heterocycles. The van der Waals surface area contributed by atoms with Crippen LogP contribution in [0.15, 0.2) is 0 Å². The summed E-state index contributed by atoms with van der Waals surface area (Å²) in [5, 5.41) is 2.85. The van der Waals surface area contributed by atoms with Gasteiger partial charge in [-0.2, -0.15) is 0 Å². The molecule has 0 unspecified atom stereocenters. The standard InChI is InChI=1S/C6H14N2O/c1-5(7-2)6(9)8(3)4/h5,7H,1-4H3/t5-/m0/s1. The van der Waals surface area contributed by atoms with E-state index in [1.54, 1.807) is 26.0 Å². The average Bonchev–Trinajstić information content (AvgIpc) is 1.84. The van der Waals surface area contributed by atoms with Gasteiger partial charge < -0.3 is 10.2 Å². The zero-order chi connectivity index (χ0) is 7.44. The van der Waals surface area contributed by atoms with Gasteiger partial charge in [-0.1, -0.05) is 0 Å². The molecule has 0 saturated carbocycles. The Morgan fingerprint density at radius 2 is 2.00 bits per heavy atom. The van der Waals surface area contributed by atoms with Crippen LogP contribution in [-0.2, 0) is 4.79 Å². The van der Waals surface area contributed by atoms with Gasteiger partial charge in [-0.05, 0) is 14.0 Å². The summed E-state index contributed by atoms with van der Waals surface area (Å²) in [5.74, 6) is 0.109. The first-order valence-corrected chi connectivity index (χ1v) is 2.98. The highest BCUT2D eigenvalue weighted by molar-refractivity contribution is 5.80. The first-order chi connectivity index (χ1) is 4.09. The van der Waals surface area contributed by atoms with Crippen molar-refractivity contribution in [3.05, 3.63) is 0 Å². The summed E-state index contributed by atoms with van der Waals surface area (Å²) >= 11 is 0. The number of hydrogen-bond donors (Lipinski definition) is 1. The highest BCUT2D eigenvalue weighted by Crippen LogP contribution is 1.85. The van der Waals surface area contributed by atoms with Crippen molar-refractivity contribution in [2.45, 2.75) is 13.0 Å². The Bertz CT molecular complexity index is 101. The van der Waals surface area contributed by atoms with Crippen LogP contribution in [0.3, 0.4) is 0 Å². The Morgan fingerprint density at radius 3 is 2.11 bits per heavy atom. The van der Waals surface area contributed by atoms with Gasteiger partial charge in [0.05, 0.1) is 6.04 Å². The van der Waals surface area contributed by atoms with Crippen LogP contribution in [0.4, 0.5) is 0 Å². The molecule has 3 heteroatoms. The third-order valence-electron chi connectivity index (χ3n) is 1.24. The van der Waals surface area contributed by atoms with Crippen molar-refractivity contribution in [3.8, 4) is 0 Å². The number of nitrogens with zero attached hydrogens (tertiary/aromatic N) is 1. The van der Waals surface area contributed by atoms with Gasteiger partial charge in [0.25, 0.3) is 0 Å². The maximum atomic E-state index is 10.9. The minimum absolute atomic E-state index is 0.0694. The van der Waals surface area contributed by atoms with E-state index in [1.807, 2.05) is 6.92 Å². The van der Waals surface area contributed by atoms with Gasteiger partial charge in [0.15, 0.2) is 0 Å². The van der Waals surface area contributed by atoms with Crippen LogP contribution >= 0.6 is 0 Å². The number of carbonyl (C=O) groups excluding carboxylic acids is 1. The Morgan fingerprint density at radius 1 is 1.56 bits per heavy atom. The molecular weight excluding hydrogens is 116 g/mol. The van der Waals surface area contributed by atoms with Crippen LogP contribution in [0.2, 0.25) is 0 Å². The fraction of sp³-hybridized carbons (Fsp3) is 0.833. The van der Waals surface area contributed by atoms with Crippen LogP contribution in [0.1, 0.15) is 6.92 Å². The molecule has 1 N–H and O–H groups in total. The molecule has 0 spiro atoms. The van der Waals surface area contributed by atoms with Crippen molar-refractivity contribution in [2.75, 3.05) is 21.1 Å². The Labute approximate surface area is 56.0 Å². The molecule has 0 aromatic heterocycles. The van der Waals surface area contributed by atoms with E-state index in [4.69, 9.17) is 0 Å². The lowest BCUT2D eigenvalue weighted by molar-refractivity contribution is -0.130. The van der Waals surface area contributed by atoms with Gasteiger partial charge >= 0.3 is 0 Å². The summed E-state index contributed by atoms with van der Waals surface area (Å²) < 4.78 is 0. The second kappa shape index (κ2) is 3.45. The highest BCUT2D eigenvalue weighted by Gasteiger charge is 2.10. The van der Waals surface area contributed by atoms with Gasteiger partial charge in [0.1, 0.15) is 0 Å². The molecule has 0 aliphatic heterocycles. The van der Waals surface area contributed by atoms with Crippen LogP contribution in [0.25, 0.3) is 0 Å². The summed E-state index contributed by atoms with van der Waals surface area (Å²) in [7, 11) is 5.26. The van der Waals surface area contributed by atoms with E-state index in [0.717, 1.165) is 0 Å². The predicted octanol–water partition coefficient (Wildman–Crippen LogP) is -0.317. The van der Waals surface area contributed by atoms with E-state index in [9.17, 15) is 4.79 Å². The van der Waals surface area contributed by atoms with E-state index in [1.165, 1.54) is 0 Å². The largest absolute Gasteiger partial charge is 0.347 e. The smallest absolute Gasteiger partial charge is 0.238 e. The molecule has 0 aliphatic carbocycles. The maximum absolute atomic E-state index is 10.9. The minimum atomic E-state index is -0.0694. The molecule has 0 aromatic carbocycles. The van der Waals surface area contributed by atoms with E-state index >= 15 is 0 Å². The number of hydrogen-bond acceptors (Lipinski definition) is 2. The predicted molar refractivity (Wildman–Crippen MR) is 37.2 cm³/mol. The molecule has 9 heavy (non-hydrogen) atoms. The van der Waals surface area contributed by atoms with Crippen molar-refractivity contribution in [1.82, 2.24) is 10.2 Å². The number of likely N-dealkylation sites (N-methyl/N-ethyl adjacent to an activating group) is 2. The number of carbonyl (C=O) groups is 1. The van der Waals surface area contributed by atoms with Crippen LogP contribution in [-0.4, -0.2) is 38.0 Å². The third kappa shape index (κ3) is 2.46. The lowest BCUT2D eigenvalue weighted by Crippen LogP contribution is -2.39. The van der Waals surface area contributed by atoms with Crippen molar-refractivity contribution in [3.63, 3.8) is 0 Å². The van der Waals surface area contributed by atoms with Crippen molar-refractivity contribution < 1.29 is 4.79 Å². The van der Waals surface area contributed by atoms with Crippen LogP contribution < -0.4 is 5.32 Å². The first kappa shape index (κ1) is 8.43. The summed E-state index contributed by atoms with van der Waals surface area (Å²) in [6.45, 7) is 1.84. The van der Waals surface area contributed by atoms with E-state index in [2.05, 4.69) is 5.32 Å². The highest BCUT2D eigenvalue weighted by atomic mass is 16.2. The summed E-state index contributed by atoms with van der Waals surface area (Å²) in [5.41, 5.74) is 0. The van der Waals surface area contributed by atoms with E-state index < -0.39 is 0 Å². The fourth-order valence-corrected chi connectivity index (χ4v) is 0.511. The van der Waals surface area contributed by atoms with Crippen molar-refractivity contribution in [1.29, 1.82) is 0 Å². The molecule has 0 fully saturated rings. The zero-order valence-corrected chi connectivity index (χ0v) is 6.43. The lowest BCUT2D eigenvalue weighted by Gasteiger charge is -2.15.